The zero-order valence-corrected chi connectivity index (χ0v) is 23.8. The fourth-order valence-corrected chi connectivity index (χ4v) is 5.11. The van der Waals surface area contributed by atoms with Crippen molar-refractivity contribution in [1.29, 1.82) is 0 Å². The van der Waals surface area contributed by atoms with Gasteiger partial charge in [-0.3, -0.25) is 9.59 Å². The van der Waals surface area contributed by atoms with Crippen LogP contribution in [-0.2, 0) is 23.7 Å². The maximum absolute atomic E-state index is 13.6. The van der Waals surface area contributed by atoms with Crippen molar-refractivity contribution in [3.63, 3.8) is 0 Å². The molecule has 2 aliphatic heterocycles. The molecular formula is C29H32O16. The zero-order valence-electron chi connectivity index (χ0n) is 23.8. The molecule has 2 saturated heterocycles. The Kier molecular flexibility index (Phi) is 9.20. The summed E-state index contributed by atoms with van der Waals surface area (Å²) in [5.41, 5.74) is -0.902. The molecule has 0 bridgehead atoms. The van der Waals surface area contributed by atoms with Crippen LogP contribution in [0, 0.1) is 0 Å². The predicted octanol–water partition coefficient (Wildman–Crippen LogP) is -0.822. The molecule has 0 spiro atoms. The molecule has 2 aliphatic rings. The number of phenols is 3. The molecule has 5 unspecified atom stereocenters. The number of hydrogen-bond acceptors (Lipinski definition) is 16. The van der Waals surface area contributed by atoms with Crippen LogP contribution in [0.4, 0.5) is 0 Å². The van der Waals surface area contributed by atoms with Crippen molar-refractivity contribution in [1.82, 2.24) is 0 Å². The van der Waals surface area contributed by atoms with Gasteiger partial charge in [-0.25, -0.2) is 0 Å². The Morgan fingerprint density at radius 2 is 1.51 bits per heavy atom. The van der Waals surface area contributed by atoms with Crippen LogP contribution < -0.4 is 10.2 Å². The van der Waals surface area contributed by atoms with E-state index in [9.17, 15) is 50.4 Å². The lowest BCUT2D eigenvalue weighted by atomic mass is 9.97. The van der Waals surface area contributed by atoms with Crippen molar-refractivity contribution in [2.45, 2.75) is 75.3 Å². The number of rotatable bonds is 7. The SMILES string of the molecule is CC(=O)OCC1O[C@@H](O[C@H]2C(C)O[C@H](Oc3c(-c4ccc(O)cc4)oc4cc(O)cc(O)c4c3=O)[C@@H](O)C2O)C(O)C(O)[C@@H]1O. The van der Waals surface area contributed by atoms with Crippen LogP contribution in [0.2, 0.25) is 0 Å². The monoisotopic (exact) mass is 636 g/mol. The summed E-state index contributed by atoms with van der Waals surface area (Å²) in [6.07, 6.45) is -16.2. The van der Waals surface area contributed by atoms with Crippen molar-refractivity contribution in [3.8, 4) is 34.3 Å². The van der Waals surface area contributed by atoms with E-state index in [0.717, 1.165) is 19.1 Å². The van der Waals surface area contributed by atoms with E-state index in [1.165, 1.54) is 31.2 Å². The third-order valence-corrected chi connectivity index (χ3v) is 7.47. The topological polar surface area (TPSA) is 255 Å². The maximum Gasteiger partial charge on any atom is 0.302 e. The standard InChI is InChI=1S/C29H32O16/c1-10-25(44-29-23(38)21(36)19(34)17(43-29)9-40-11(2)30)22(37)24(39)28(41-10)45-27-20(35)18-15(33)7-14(32)8-16(18)42-26(27)12-3-5-13(31)6-4-12/h3-8,10,17,19,21-25,28-29,31-34,36-39H,9H2,1-2H3/t10?,17?,19-,21?,22?,23?,24+,25+,28-,29+/m1/s1. The summed E-state index contributed by atoms with van der Waals surface area (Å²) in [6, 6.07) is 7.40. The minimum atomic E-state index is -1.91. The van der Waals surface area contributed by atoms with Crippen LogP contribution in [-0.4, -0.2) is 115 Å². The van der Waals surface area contributed by atoms with Crippen LogP contribution in [0.1, 0.15) is 13.8 Å². The lowest BCUT2D eigenvalue weighted by Gasteiger charge is -2.45. The highest BCUT2D eigenvalue weighted by Gasteiger charge is 2.50. The molecule has 45 heavy (non-hydrogen) atoms. The van der Waals surface area contributed by atoms with Gasteiger partial charge < -0.3 is 69.0 Å². The summed E-state index contributed by atoms with van der Waals surface area (Å²) in [4.78, 5) is 24.8. The fraction of sp³-hybridized carbons (Fsp3) is 0.448. The summed E-state index contributed by atoms with van der Waals surface area (Å²) < 4.78 is 33.3. The van der Waals surface area contributed by atoms with E-state index in [2.05, 4.69) is 0 Å². The number of aromatic hydroxyl groups is 3. The lowest BCUT2D eigenvalue weighted by Crippen LogP contribution is -2.64. The number of aliphatic hydroxyl groups excluding tert-OH is 5. The summed E-state index contributed by atoms with van der Waals surface area (Å²) in [5, 5.41) is 82.6. The third kappa shape index (κ3) is 6.40. The van der Waals surface area contributed by atoms with Gasteiger partial charge in [0.05, 0.1) is 6.10 Å². The van der Waals surface area contributed by atoms with Crippen LogP contribution >= 0.6 is 0 Å². The summed E-state index contributed by atoms with van der Waals surface area (Å²) in [7, 11) is 0. The maximum atomic E-state index is 13.6. The fourth-order valence-electron chi connectivity index (χ4n) is 5.11. The smallest absolute Gasteiger partial charge is 0.302 e. The second kappa shape index (κ2) is 12.8. The van der Waals surface area contributed by atoms with Crippen molar-refractivity contribution in [2.24, 2.45) is 0 Å². The van der Waals surface area contributed by atoms with Crippen molar-refractivity contribution in [3.05, 3.63) is 46.6 Å². The Morgan fingerprint density at radius 3 is 2.18 bits per heavy atom. The van der Waals surface area contributed by atoms with Gasteiger partial charge in [0.25, 0.3) is 0 Å². The number of carbonyl (C=O) groups is 1. The Morgan fingerprint density at radius 1 is 0.844 bits per heavy atom. The van der Waals surface area contributed by atoms with Crippen LogP contribution in [0.25, 0.3) is 22.3 Å². The highest BCUT2D eigenvalue weighted by Crippen LogP contribution is 2.38. The largest absolute Gasteiger partial charge is 0.508 e. The van der Waals surface area contributed by atoms with Gasteiger partial charge in [-0.2, -0.15) is 0 Å². The third-order valence-electron chi connectivity index (χ3n) is 7.47. The number of esters is 1. The first-order valence-corrected chi connectivity index (χ1v) is 13.8. The van der Waals surface area contributed by atoms with E-state index in [1.54, 1.807) is 0 Å². The highest BCUT2D eigenvalue weighted by molar-refractivity contribution is 5.88. The molecule has 0 radical (unpaired) electrons. The molecule has 5 rings (SSSR count). The molecule has 8 N–H and O–H groups in total. The minimum Gasteiger partial charge on any atom is -0.508 e. The molecule has 3 aromatic rings. The molecule has 0 aliphatic carbocycles. The molecule has 2 aromatic carbocycles. The molecule has 2 fully saturated rings. The van der Waals surface area contributed by atoms with E-state index in [-0.39, 0.29) is 28.0 Å². The number of ether oxygens (including phenoxy) is 5. The summed E-state index contributed by atoms with van der Waals surface area (Å²) >= 11 is 0. The second-order valence-corrected chi connectivity index (χ2v) is 10.7. The molecule has 1 aromatic heterocycles. The summed E-state index contributed by atoms with van der Waals surface area (Å²) in [5.74, 6) is -2.58. The van der Waals surface area contributed by atoms with Crippen LogP contribution in [0.15, 0.2) is 45.6 Å². The Hall–Kier alpha value is -4.00. The van der Waals surface area contributed by atoms with Crippen molar-refractivity contribution in [2.75, 3.05) is 6.61 Å². The van der Waals surface area contributed by atoms with E-state index >= 15 is 0 Å². The number of phenolic OH excluding ortho intramolecular Hbond substituents is 3. The van der Waals surface area contributed by atoms with Gasteiger partial charge >= 0.3 is 5.97 Å². The summed E-state index contributed by atoms with van der Waals surface area (Å²) in [6.45, 7) is 2.05. The van der Waals surface area contributed by atoms with E-state index in [4.69, 9.17) is 28.1 Å². The van der Waals surface area contributed by atoms with Gasteiger partial charge in [0, 0.05) is 24.6 Å². The van der Waals surface area contributed by atoms with Crippen LogP contribution in [0.3, 0.4) is 0 Å². The molecule has 3 heterocycles. The van der Waals surface area contributed by atoms with E-state index < -0.39 is 96.7 Å². The Balaban J connectivity index is 1.41. The minimum absolute atomic E-state index is 0.0968. The number of hydrogen-bond donors (Lipinski definition) is 8. The highest BCUT2D eigenvalue weighted by atomic mass is 16.7. The molecule has 0 amide bonds. The van der Waals surface area contributed by atoms with E-state index in [1.807, 2.05) is 0 Å². The first-order valence-electron chi connectivity index (χ1n) is 13.8. The normalized spacial score (nSPS) is 31.9. The lowest BCUT2D eigenvalue weighted by molar-refractivity contribution is -0.349. The second-order valence-electron chi connectivity index (χ2n) is 10.7. The molecule has 16 nitrogen and oxygen atoms in total. The van der Waals surface area contributed by atoms with Crippen molar-refractivity contribution >= 4 is 16.9 Å². The van der Waals surface area contributed by atoms with Gasteiger partial charge in [0.1, 0.15) is 77.6 Å². The van der Waals surface area contributed by atoms with Gasteiger partial charge in [0.2, 0.25) is 17.5 Å². The number of aliphatic hydroxyl groups is 5. The number of fused-ring (bicyclic) bond motifs is 1. The average molecular weight is 637 g/mol. The number of benzene rings is 2. The molecule has 0 saturated carbocycles. The van der Waals surface area contributed by atoms with Crippen LogP contribution in [0.5, 0.6) is 23.0 Å². The first kappa shape index (κ1) is 32.4. The van der Waals surface area contributed by atoms with E-state index in [0.29, 0.717) is 0 Å². The van der Waals surface area contributed by atoms with Crippen molar-refractivity contribution < 1.29 is 73.7 Å². The molecular weight excluding hydrogens is 604 g/mol. The quantitative estimate of drug-likeness (QED) is 0.147. The number of carbonyl (C=O) groups excluding carboxylic acids is 1. The zero-order chi connectivity index (χ0) is 32.7. The Labute approximate surface area is 253 Å². The molecule has 244 valence electrons. The van der Waals surface area contributed by atoms with Gasteiger partial charge in [-0.1, -0.05) is 0 Å². The van der Waals surface area contributed by atoms with Gasteiger partial charge in [-0.15, -0.1) is 0 Å². The van der Waals surface area contributed by atoms with Gasteiger partial charge in [-0.05, 0) is 31.2 Å². The van der Waals surface area contributed by atoms with Gasteiger partial charge in [0.15, 0.2) is 12.1 Å². The Bertz CT molecular complexity index is 1590. The first-order chi connectivity index (χ1) is 21.3. The molecule has 10 atom stereocenters. The molecule has 16 heteroatoms. The predicted molar refractivity (Wildman–Crippen MR) is 148 cm³/mol. The average Bonchev–Trinajstić information content (AvgIpc) is 2.98.